The van der Waals surface area contributed by atoms with Crippen LogP contribution < -0.4 is 0 Å². The van der Waals surface area contributed by atoms with Crippen molar-refractivity contribution in [3.8, 4) is 0 Å². The Kier molecular flexibility index (Phi) is 6.22. The average Bonchev–Trinajstić information content (AvgIpc) is 2.35. The van der Waals surface area contributed by atoms with Crippen molar-refractivity contribution >= 4 is 14.3 Å². The van der Waals surface area contributed by atoms with Crippen molar-refractivity contribution in [1.29, 1.82) is 0 Å². The second kappa shape index (κ2) is 7.05. The van der Waals surface area contributed by atoms with Crippen molar-refractivity contribution < 1.29 is 18.7 Å². The highest BCUT2D eigenvalue weighted by Gasteiger charge is 2.38. The molecule has 1 saturated heterocycles. The van der Waals surface area contributed by atoms with Gasteiger partial charge in [0.15, 0.2) is 8.32 Å². The Balaban J connectivity index is 2.43. The van der Waals surface area contributed by atoms with Crippen molar-refractivity contribution in [1.82, 2.24) is 0 Å². The van der Waals surface area contributed by atoms with Gasteiger partial charge in [-0.1, -0.05) is 20.8 Å². The maximum atomic E-state index is 11.3. The van der Waals surface area contributed by atoms with Gasteiger partial charge in [0, 0.05) is 0 Å². The third-order valence-corrected chi connectivity index (χ3v) is 9.00. The summed E-state index contributed by atoms with van der Waals surface area (Å²) < 4.78 is 16.9. The fraction of sp³-hybridized carbons (Fsp3) is 0.933. The molecule has 1 fully saturated rings. The molecular formula is C15H30O4Si. The Labute approximate surface area is 124 Å². The molecule has 0 amide bonds. The highest BCUT2D eigenvalue weighted by molar-refractivity contribution is 6.74. The van der Waals surface area contributed by atoms with Gasteiger partial charge >= 0.3 is 5.97 Å². The molecule has 0 N–H and O–H groups in total. The monoisotopic (exact) mass is 302 g/mol. The number of rotatable bonds is 5. The van der Waals surface area contributed by atoms with Crippen LogP contribution in [0.2, 0.25) is 18.1 Å². The highest BCUT2D eigenvalue weighted by Crippen LogP contribution is 2.37. The standard InChI is InChI=1S/C15H30O4Si/c1-15(2,3)20(5,6)18-11-13-9-7-8-12(19-13)10-14(16)17-4/h12-13H,7-11H2,1-6H3/t12-,13+/m0/s1. The molecule has 2 atom stereocenters. The van der Waals surface area contributed by atoms with E-state index in [2.05, 4.69) is 33.9 Å². The summed E-state index contributed by atoms with van der Waals surface area (Å²) in [5.74, 6) is -0.194. The molecule has 0 aliphatic carbocycles. The van der Waals surface area contributed by atoms with Crippen LogP contribution in [0.3, 0.4) is 0 Å². The molecule has 20 heavy (non-hydrogen) atoms. The van der Waals surface area contributed by atoms with Crippen LogP contribution in [0.1, 0.15) is 46.5 Å². The first kappa shape index (κ1) is 17.7. The lowest BCUT2D eigenvalue weighted by atomic mass is 10.0. The second-order valence-corrected chi connectivity index (χ2v) is 12.0. The van der Waals surface area contributed by atoms with E-state index >= 15 is 0 Å². The lowest BCUT2D eigenvalue weighted by Crippen LogP contribution is -2.44. The van der Waals surface area contributed by atoms with Crippen LogP contribution in [0.25, 0.3) is 0 Å². The van der Waals surface area contributed by atoms with Gasteiger partial charge in [-0.3, -0.25) is 4.79 Å². The van der Waals surface area contributed by atoms with Gasteiger partial charge in [0.25, 0.3) is 0 Å². The first-order chi connectivity index (χ1) is 9.15. The van der Waals surface area contributed by atoms with Crippen LogP contribution in [0.4, 0.5) is 0 Å². The molecule has 1 rings (SSSR count). The van der Waals surface area contributed by atoms with Gasteiger partial charge in [0.1, 0.15) is 0 Å². The Morgan fingerprint density at radius 1 is 1.25 bits per heavy atom. The lowest BCUT2D eigenvalue weighted by molar-refractivity contribution is -0.147. The molecule has 0 aromatic heterocycles. The average molecular weight is 302 g/mol. The van der Waals surface area contributed by atoms with Crippen molar-refractivity contribution in [3.63, 3.8) is 0 Å². The number of methoxy groups -OCH3 is 1. The molecule has 5 heteroatoms. The van der Waals surface area contributed by atoms with E-state index in [9.17, 15) is 4.79 Å². The van der Waals surface area contributed by atoms with Gasteiger partial charge in [-0.25, -0.2) is 0 Å². The summed E-state index contributed by atoms with van der Waals surface area (Å²) in [6.07, 6.45) is 3.51. The fourth-order valence-corrected chi connectivity index (χ4v) is 3.08. The maximum Gasteiger partial charge on any atom is 0.308 e. The number of esters is 1. The summed E-state index contributed by atoms with van der Waals surface area (Å²) in [4.78, 5) is 11.3. The summed E-state index contributed by atoms with van der Waals surface area (Å²) in [6, 6.07) is 0. The minimum atomic E-state index is -1.72. The van der Waals surface area contributed by atoms with E-state index in [-0.39, 0.29) is 23.2 Å². The molecule has 0 unspecified atom stereocenters. The lowest BCUT2D eigenvalue weighted by Gasteiger charge is -2.38. The van der Waals surface area contributed by atoms with Gasteiger partial charge in [-0.15, -0.1) is 0 Å². The van der Waals surface area contributed by atoms with Crippen molar-refractivity contribution in [2.75, 3.05) is 13.7 Å². The van der Waals surface area contributed by atoms with E-state index in [0.717, 1.165) is 19.3 Å². The zero-order valence-electron chi connectivity index (χ0n) is 13.8. The van der Waals surface area contributed by atoms with E-state index in [1.807, 2.05) is 0 Å². The Hall–Kier alpha value is -0.393. The van der Waals surface area contributed by atoms with Crippen molar-refractivity contribution in [2.24, 2.45) is 0 Å². The van der Waals surface area contributed by atoms with E-state index < -0.39 is 8.32 Å². The van der Waals surface area contributed by atoms with Crippen LogP contribution in [-0.2, 0) is 18.7 Å². The number of carbonyl (C=O) groups is 1. The molecule has 0 aromatic rings. The number of carbonyl (C=O) groups excluding carboxylic acids is 1. The van der Waals surface area contributed by atoms with Crippen LogP contribution >= 0.6 is 0 Å². The summed E-state index contributed by atoms with van der Waals surface area (Å²) in [5, 5.41) is 0.215. The summed E-state index contributed by atoms with van der Waals surface area (Å²) in [7, 11) is -0.302. The highest BCUT2D eigenvalue weighted by atomic mass is 28.4. The summed E-state index contributed by atoms with van der Waals surface area (Å²) in [5.41, 5.74) is 0. The molecule has 1 aliphatic heterocycles. The predicted molar refractivity (Wildman–Crippen MR) is 82.3 cm³/mol. The molecule has 0 saturated carbocycles. The first-order valence-corrected chi connectivity index (χ1v) is 10.4. The smallest absolute Gasteiger partial charge is 0.308 e. The molecule has 1 heterocycles. The molecule has 0 bridgehead atoms. The largest absolute Gasteiger partial charge is 0.469 e. The van der Waals surface area contributed by atoms with Gasteiger partial charge in [0.05, 0.1) is 32.3 Å². The number of hydrogen-bond acceptors (Lipinski definition) is 4. The zero-order valence-corrected chi connectivity index (χ0v) is 14.8. The molecule has 118 valence electrons. The van der Waals surface area contributed by atoms with Crippen LogP contribution in [0.15, 0.2) is 0 Å². The minimum absolute atomic E-state index is 0.00999. The van der Waals surface area contributed by atoms with E-state index in [4.69, 9.17) is 13.9 Å². The predicted octanol–water partition coefficient (Wildman–Crippen LogP) is 3.51. The van der Waals surface area contributed by atoms with Gasteiger partial charge in [-0.05, 0) is 37.4 Å². The topological polar surface area (TPSA) is 44.8 Å². The Bertz CT molecular complexity index is 322. The molecule has 1 aliphatic rings. The van der Waals surface area contributed by atoms with E-state index in [0.29, 0.717) is 13.0 Å². The molecule has 4 nitrogen and oxygen atoms in total. The fourth-order valence-electron chi connectivity index (χ4n) is 2.04. The Morgan fingerprint density at radius 2 is 1.85 bits per heavy atom. The van der Waals surface area contributed by atoms with Crippen LogP contribution in [-0.4, -0.2) is 40.2 Å². The van der Waals surface area contributed by atoms with Gasteiger partial charge < -0.3 is 13.9 Å². The quantitative estimate of drug-likeness (QED) is 0.576. The minimum Gasteiger partial charge on any atom is -0.469 e. The first-order valence-electron chi connectivity index (χ1n) is 7.52. The van der Waals surface area contributed by atoms with Crippen molar-refractivity contribution in [3.05, 3.63) is 0 Å². The van der Waals surface area contributed by atoms with Crippen LogP contribution in [0, 0.1) is 0 Å². The van der Waals surface area contributed by atoms with E-state index in [1.165, 1.54) is 7.11 Å². The third kappa shape index (κ3) is 5.18. The molecule has 0 spiro atoms. The zero-order chi connectivity index (χ0) is 15.4. The maximum absolute atomic E-state index is 11.3. The molecule has 0 aromatic carbocycles. The van der Waals surface area contributed by atoms with Crippen molar-refractivity contribution in [2.45, 2.75) is 76.8 Å². The normalized spacial score (nSPS) is 24.5. The van der Waals surface area contributed by atoms with E-state index in [1.54, 1.807) is 0 Å². The number of ether oxygens (including phenoxy) is 2. The van der Waals surface area contributed by atoms with Crippen LogP contribution in [0.5, 0.6) is 0 Å². The molecular weight excluding hydrogens is 272 g/mol. The third-order valence-electron chi connectivity index (χ3n) is 4.50. The van der Waals surface area contributed by atoms with Gasteiger partial charge in [0.2, 0.25) is 0 Å². The number of hydrogen-bond donors (Lipinski definition) is 0. The SMILES string of the molecule is COC(=O)C[C@@H]1CCC[C@H](CO[Si](C)(C)C(C)(C)C)O1. The Morgan fingerprint density at radius 3 is 2.40 bits per heavy atom. The molecule has 0 radical (unpaired) electrons. The summed E-state index contributed by atoms with van der Waals surface area (Å²) in [6.45, 7) is 11.9. The van der Waals surface area contributed by atoms with Gasteiger partial charge in [-0.2, -0.15) is 0 Å². The summed E-state index contributed by atoms with van der Waals surface area (Å²) >= 11 is 0. The second-order valence-electron chi connectivity index (χ2n) is 7.16.